The second kappa shape index (κ2) is 11.6. The predicted molar refractivity (Wildman–Crippen MR) is 139 cm³/mol. The van der Waals surface area contributed by atoms with E-state index in [4.69, 9.17) is 4.99 Å². The van der Waals surface area contributed by atoms with Crippen LogP contribution in [0.3, 0.4) is 0 Å². The molecule has 0 aromatic heterocycles. The van der Waals surface area contributed by atoms with Crippen LogP contribution in [-0.4, -0.2) is 39.2 Å². The molecule has 5 heteroatoms. The molecule has 4 rings (SSSR count). The van der Waals surface area contributed by atoms with Gasteiger partial charge in [0, 0.05) is 0 Å². The molecule has 0 unspecified atom stereocenters. The fraction of sp³-hybridized carbons (Fsp3) is 0.200. The molecule has 0 N–H and O–H groups in total. The average Bonchev–Trinajstić information content (AvgIpc) is 2.90. The molecule has 0 aliphatic carbocycles. The summed E-state index contributed by atoms with van der Waals surface area (Å²) in [7, 11) is 2.13. The van der Waals surface area contributed by atoms with E-state index in [0.29, 0.717) is 13.1 Å². The summed E-state index contributed by atoms with van der Waals surface area (Å²) in [5, 5.41) is 0. The third-order valence-corrected chi connectivity index (χ3v) is 9.11. The predicted octanol–water partition coefficient (Wildman–Crippen LogP) is 5.91. The molecule has 0 spiro atoms. The van der Waals surface area contributed by atoms with E-state index in [1.807, 2.05) is 54.3 Å². The van der Waals surface area contributed by atoms with E-state index >= 15 is 0 Å². The summed E-state index contributed by atoms with van der Waals surface area (Å²) in [4.78, 5) is 22.7. The molecule has 0 saturated heterocycles. The fourth-order valence-electron chi connectivity index (χ4n) is 4.54. The molecule has 1 aliphatic heterocycles. The number of nitrogens with zero attached hydrogens (tertiary/aromatic N) is 3. The second-order valence-electron chi connectivity index (χ2n) is 8.83. The molecule has 0 radical (unpaired) electrons. The van der Waals surface area contributed by atoms with Crippen LogP contribution in [0.15, 0.2) is 114 Å². The van der Waals surface area contributed by atoms with Crippen molar-refractivity contribution in [3.05, 3.63) is 131 Å². The third-order valence-electron chi connectivity index (χ3n) is 6.56. The van der Waals surface area contributed by atoms with Crippen molar-refractivity contribution in [2.24, 2.45) is 4.99 Å². The first-order chi connectivity index (χ1) is 17.0. The van der Waals surface area contributed by atoms with Gasteiger partial charge < -0.3 is 0 Å². The molecule has 4 nitrogen and oxygen atoms in total. The van der Waals surface area contributed by atoms with Crippen LogP contribution >= 0.6 is 0 Å². The summed E-state index contributed by atoms with van der Waals surface area (Å²) in [5.74, 6) is 0.0681. The molecule has 0 atom stereocenters. The molecular formula is C30H30HgN3O. The Labute approximate surface area is 224 Å². The molecule has 1 aliphatic rings. The van der Waals surface area contributed by atoms with Crippen LogP contribution in [0.5, 0.6) is 0 Å². The number of carbonyl (C=O) groups is 1. The number of rotatable bonds is 6. The zero-order valence-electron chi connectivity index (χ0n) is 20.5. The molecule has 173 valence electrons. The first-order valence-electron chi connectivity index (χ1n) is 11.9. The van der Waals surface area contributed by atoms with Crippen molar-refractivity contribution in [1.29, 1.82) is 0 Å². The van der Waals surface area contributed by atoms with E-state index in [1.54, 1.807) is 0 Å². The van der Waals surface area contributed by atoms with Crippen molar-refractivity contribution >= 4 is 9.25 Å². The van der Waals surface area contributed by atoms with Gasteiger partial charge in [-0.1, -0.05) is 0 Å². The number of hydrogen-bond acceptors (Lipinski definition) is 2. The van der Waals surface area contributed by atoms with Gasteiger partial charge in [0.05, 0.1) is 0 Å². The summed E-state index contributed by atoms with van der Waals surface area (Å²) < 4.78 is 1.09. The van der Waals surface area contributed by atoms with Crippen molar-refractivity contribution in [2.45, 2.75) is 19.4 Å². The number of allylic oxidation sites excluding steroid dienone is 1. The van der Waals surface area contributed by atoms with Crippen LogP contribution in [-0.2, 0) is 26.1 Å². The van der Waals surface area contributed by atoms with Gasteiger partial charge in [-0.3, -0.25) is 0 Å². The maximum atomic E-state index is 13.3. The van der Waals surface area contributed by atoms with Crippen LogP contribution in [0.1, 0.15) is 39.5 Å². The van der Waals surface area contributed by atoms with Crippen LogP contribution in [0.4, 0.5) is 0 Å². The van der Waals surface area contributed by atoms with Crippen molar-refractivity contribution in [2.75, 3.05) is 20.1 Å². The number of aliphatic imine (C=N–C) groups is 1. The van der Waals surface area contributed by atoms with E-state index in [9.17, 15) is 4.79 Å². The summed E-state index contributed by atoms with van der Waals surface area (Å²) in [5.41, 5.74) is 6.31. The topological polar surface area (TPSA) is 35.9 Å². The standard InChI is InChI=1S/C30H30N3O.Hg/c1-4-24-19-20-33(30(34)27-18-12-11-13-23(27)2)21-28(24)31-22-32(3)29(25-14-7-5-8-15-25)26-16-9-6-10-17-26;/h4-18,29H,1,19-21H2,2-3H3;. The molecule has 0 fully saturated rings. The summed E-state index contributed by atoms with van der Waals surface area (Å²) in [6.45, 7) is 7.20. The molecule has 1 amide bonds. The SMILES string of the molecule is C=CC1=C(N=[C]([Hg])N(C)C(c2ccccc2)c2ccccc2)CN(C(=O)c2ccccc2C)CC1. The molecule has 1 heterocycles. The number of aryl methyl sites for hydroxylation is 1. The van der Waals surface area contributed by atoms with Gasteiger partial charge in [0.15, 0.2) is 0 Å². The Morgan fingerprint density at radius 3 is 2.14 bits per heavy atom. The Kier molecular flexibility index (Phi) is 8.35. The van der Waals surface area contributed by atoms with Gasteiger partial charge in [0.25, 0.3) is 0 Å². The van der Waals surface area contributed by atoms with E-state index in [0.717, 1.165) is 32.2 Å². The Morgan fingerprint density at radius 1 is 1.00 bits per heavy atom. The van der Waals surface area contributed by atoms with Gasteiger partial charge in [-0.05, 0) is 0 Å². The Morgan fingerprint density at radius 2 is 1.57 bits per heavy atom. The molecular weight excluding hydrogens is 619 g/mol. The third kappa shape index (κ3) is 5.81. The number of amides is 1. The molecule has 0 saturated carbocycles. The quantitative estimate of drug-likeness (QED) is 0.190. The zero-order chi connectivity index (χ0) is 24.8. The minimum absolute atomic E-state index is 0.0681. The van der Waals surface area contributed by atoms with Crippen LogP contribution in [0, 0.1) is 6.92 Å². The summed E-state index contributed by atoms with van der Waals surface area (Å²) in [6.07, 6.45) is 2.67. The van der Waals surface area contributed by atoms with Crippen molar-refractivity contribution < 1.29 is 30.9 Å². The van der Waals surface area contributed by atoms with E-state index < -0.39 is 0 Å². The number of benzene rings is 3. The molecule has 3 aromatic carbocycles. The van der Waals surface area contributed by atoms with E-state index in [-0.39, 0.29) is 38.1 Å². The van der Waals surface area contributed by atoms with Gasteiger partial charge >= 0.3 is 226 Å². The first-order valence-corrected chi connectivity index (χ1v) is 14.7. The van der Waals surface area contributed by atoms with Crippen molar-refractivity contribution in [1.82, 2.24) is 9.80 Å². The molecule has 0 bridgehead atoms. The van der Waals surface area contributed by atoms with Crippen LogP contribution < -0.4 is 0 Å². The van der Waals surface area contributed by atoms with Gasteiger partial charge in [-0.15, -0.1) is 0 Å². The normalized spacial score (nSPS) is 14.3. The molecule has 35 heavy (non-hydrogen) atoms. The van der Waals surface area contributed by atoms with Gasteiger partial charge in [-0.25, -0.2) is 0 Å². The van der Waals surface area contributed by atoms with Gasteiger partial charge in [0.2, 0.25) is 0 Å². The van der Waals surface area contributed by atoms with Crippen molar-refractivity contribution in [3.8, 4) is 0 Å². The first kappa shape index (κ1) is 25.1. The summed E-state index contributed by atoms with van der Waals surface area (Å²) >= 11 is 0.261. The Hall–Kier alpha value is -2.98. The average molecular weight is 649 g/mol. The Balaban J connectivity index is 1.64. The van der Waals surface area contributed by atoms with Crippen LogP contribution in [0.2, 0.25) is 0 Å². The number of amidine groups is 1. The maximum absolute atomic E-state index is 13.3. The monoisotopic (exact) mass is 650 g/mol. The fourth-order valence-corrected chi connectivity index (χ4v) is 5.99. The number of hydrogen-bond donors (Lipinski definition) is 0. The van der Waals surface area contributed by atoms with Crippen molar-refractivity contribution in [3.63, 3.8) is 0 Å². The second-order valence-corrected chi connectivity index (χ2v) is 11.3. The van der Waals surface area contributed by atoms with Gasteiger partial charge in [0.1, 0.15) is 0 Å². The number of carbonyl (C=O) groups excluding carboxylic acids is 1. The zero-order valence-corrected chi connectivity index (χ0v) is 26.0. The van der Waals surface area contributed by atoms with Crippen LogP contribution in [0.25, 0.3) is 0 Å². The van der Waals surface area contributed by atoms with E-state index in [2.05, 4.69) is 67.1 Å². The van der Waals surface area contributed by atoms with E-state index in [1.165, 1.54) is 11.1 Å². The molecule has 3 aromatic rings. The van der Waals surface area contributed by atoms with Gasteiger partial charge in [-0.2, -0.15) is 0 Å². The Bertz CT molecular complexity index is 1210. The minimum atomic E-state index is 0.0681. The summed E-state index contributed by atoms with van der Waals surface area (Å²) in [6, 6.07) is 29.0.